The first kappa shape index (κ1) is 12.9. The van der Waals surface area contributed by atoms with E-state index >= 15 is 0 Å². The van der Waals surface area contributed by atoms with Gasteiger partial charge in [0.2, 0.25) is 0 Å². The van der Waals surface area contributed by atoms with Gasteiger partial charge in [0.15, 0.2) is 0 Å². The summed E-state index contributed by atoms with van der Waals surface area (Å²) in [6, 6.07) is 5.93. The monoisotopic (exact) mass is 249 g/mol. The van der Waals surface area contributed by atoms with Gasteiger partial charge in [-0.3, -0.25) is 4.90 Å². The van der Waals surface area contributed by atoms with Gasteiger partial charge in [0.1, 0.15) is 11.3 Å². The highest BCUT2D eigenvalue weighted by Crippen LogP contribution is 2.24. The third-order valence-electron chi connectivity index (χ3n) is 3.57. The molecule has 4 heteroatoms. The van der Waals surface area contributed by atoms with E-state index in [-0.39, 0.29) is 5.56 Å². The Hall–Kier alpha value is -1.55. The molecule has 1 aliphatic heterocycles. The van der Waals surface area contributed by atoms with Crippen LogP contribution in [-0.4, -0.2) is 35.7 Å². The fourth-order valence-electron chi connectivity index (χ4n) is 2.47. The predicted octanol–water partition coefficient (Wildman–Crippen LogP) is 2.38. The zero-order valence-electron chi connectivity index (χ0n) is 10.8. The van der Waals surface area contributed by atoms with Crippen molar-refractivity contribution in [3.05, 3.63) is 29.3 Å². The second kappa shape index (κ2) is 5.40. The number of rotatable bonds is 4. The molecule has 1 N–H and O–H groups in total. The highest BCUT2D eigenvalue weighted by molar-refractivity contribution is 5.90. The van der Waals surface area contributed by atoms with Crippen LogP contribution in [0, 0.1) is 0 Å². The average molecular weight is 249 g/mol. The minimum atomic E-state index is -0.951. The highest BCUT2D eigenvalue weighted by atomic mass is 16.5. The van der Waals surface area contributed by atoms with Gasteiger partial charge in [-0.2, -0.15) is 0 Å². The smallest absolute Gasteiger partial charge is 0.339 e. The van der Waals surface area contributed by atoms with Gasteiger partial charge >= 0.3 is 5.97 Å². The van der Waals surface area contributed by atoms with Gasteiger partial charge in [-0.25, -0.2) is 4.79 Å². The molecule has 4 nitrogen and oxygen atoms in total. The number of carbonyl (C=O) groups is 1. The summed E-state index contributed by atoms with van der Waals surface area (Å²) in [5.74, 6) is -0.514. The summed E-state index contributed by atoms with van der Waals surface area (Å²) in [6.45, 7) is 4.21. The molecule has 1 unspecified atom stereocenters. The number of aromatic carboxylic acids is 1. The number of likely N-dealkylation sites (tertiary alicyclic amines) is 1. The lowest BCUT2D eigenvalue weighted by Crippen LogP contribution is -2.26. The Morgan fingerprint density at radius 2 is 2.33 bits per heavy atom. The summed E-state index contributed by atoms with van der Waals surface area (Å²) in [5, 5.41) is 9.02. The summed E-state index contributed by atoms with van der Waals surface area (Å²) in [7, 11) is 1.50. The van der Waals surface area contributed by atoms with Crippen molar-refractivity contribution in [3.8, 4) is 5.75 Å². The molecule has 0 aromatic heterocycles. The van der Waals surface area contributed by atoms with Crippen LogP contribution in [0.15, 0.2) is 18.2 Å². The van der Waals surface area contributed by atoms with Crippen LogP contribution in [-0.2, 0) is 6.54 Å². The molecule has 98 valence electrons. The number of carboxylic acids is 1. The molecule has 0 spiro atoms. The fourth-order valence-corrected chi connectivity index (χ4v) is 2.47. The number of methoxy groups -OCH3 is 1. The van der Waals surface area contributed by atoms with E-state index in [9.17, 15) is 4.79 Å². The van der Waals surface area contributed by atoms with E-state index < -0.39 is 5.97 Å². The summed E-state index contributed by atoms with van der Waals surface area (Å²) in [6.07, 6.45) is 2.48. The first-order valence-electron chi connectivity index (χ1n) is 6.26. The lowest BCUT2D eigenvalue weighted by molar-refractivity contribution is 0.0693. The molecular formula is C14H19NO3. The van der Waals surface area contributed by atoms with Crippen molar-refractivity contribution in [2.24, 2.45) is 0 Å². The lowest BCUT2D eigenvalue weighted by Gasteiger charge is -2.21. The lowest BCUT2D eigenvalue weighted by atomic mass is 10.1. The summed E-state index contributed by atoms with van der Waals surface area (Å²) in [5.41, 5.74) is 1.32. The van der Waals surface area contributed by atoms with Crippen LogP contribution < -0.4 is 4.74 Å². The first-order valence-corrected chi connectivity index (χ1v) is 6.26. The molecular weight excluding hydrogens is 230 g/mol. The van der Waals surface area contributed by atoms with Crippen molar-refractivity contribution in [3.63, 3.8) is 0 Å². The molecule has 1 aromatic rings. The minimum Gasteiger partial charge on any atom is -0.496 e. The largest absolute Gasteiger partial charge is 0.496 e. The van der Waals surface area contributed by atoms with Crippen molar-refractivity contribution >= 4 is 5.97 Å². The van der Waals surface area contributed by atoms with Gasteiger partial charge in [-0.15, -0.1) is 0 Å². The maximum absolute atomic E-state index is 11.0. The van der Waals surface area contributed by atoms with E-state index in [2.05, 4.69) is 11.8 Å². The molecule has 1 aromatic carbocycles. The van der Waals surface area contributed by atoms with Gasteiger partial charge in [-0.1, -0.05) is 6.07 Å². The van der Waals surface area contributed by atoms with Crippen molar-refractivity contribution in [1.82, 2.24) is 4.90 Å². The molecule has 1 atom stereocenters. The van der Waals surface area contributed by atoms with Crippen LogP contribution in [0.5, 0.6) is 5.75 Å². The van der Waals surface area contributed by atoms with E-state index in [0.29, 0.717) is 11.8 Å². The van der Waals surface area contributed by atoms with Gasteiger partial charge in [0.05, 0.1) is 7.11 Å². The molecule has 1 aliphatic rings. The normalized spacial score (nSPS) is 20.0. The zero-order valence-corrected chi connectivity index (χ0v) is 10.8. The number of carboxylic acid groups (broad SMARTS) is 1. The molecule has 0 amide bonds. The summed E-state index contributed by atoms with van der Waals surface area (Å²) >= 11 is 0. The Morgan fingerprint density at radius 3 is 2.89 bits per heavy atom. The minimum absolute atomic E-state index is 0.218. The van der Waals surface area contributed by atoms with Crippen LogP contribution in [0.25, 0.3) is 0 Å². The van der Waals surface area contributed by atoms with E-state index in [0.717, 1.165) is 18.7 Å². The van der Waals surface area contributed by atoms with Gasteiger partial charge in [-0.05, 0) is 44.0 Å². The Morgan fingerprint density at radius 1 is 1.56 bits per heavy atom. The third kappa shape index (κ3) is 2.64. The average Bonchev–Trinajstić information content (AvgIpc) is 2.74. The quantitative estimate of drug-likeness (QED) is 0.890. The van der Waals surface area contributed by atoms with Crippen molar-refractivity contribution in [1.29, 1.82) is 0 Å². The van der Waals surface area contributed by atoms with Crippen LogP contribution in [0.1, 0.15) is 35.7 Å². The maximum Gasteiger partial charge on any atom is 0.339 e. The van der Waals surface area contributed by atoms with Crippen molar-refractivity contribution in [2.45, 2.75) is 32.4 Å². The predicted molar refractivity (Wildman–Crippen MR) is 69.1 cm³/mol. The molecule has 0 radical (unpaired) electrons. The molecule has 1 saturated heterocycles. The van der Waals surface area contributed by atoms with Gasteiger partial charge in [0, 0.05) is 12.6 Å². The molecule has 0 bridgehead atoms. The SMILES string of the molecule is COc1cc(CN2CCCC2C)ccc1C(=O)O. The third-order valence-corrected chi connectivity index (χ3v) is 3.57. The highest BCUT2D eigenvalue weighted by Gasteiger charge is 2.20. The van der Waals surface area contributed by atoms with Crippen molar-refractivity contribution < 1.29 is 14.6 Å². The Kier molecular flexibility index (Phi) is 3.87. The van der Waals surface area contributed by atoms with Crippen LogP contribution in [0.4, 0.5) is 0 Å². The van der Waals surface area contributed by atoms with Crippen LogP contribution in [0.2, 0.25) is 0 Å². The molecule has 2 rings (SSSR count). The summed E-state index contributed by atoms with van der Waals surface area (Å²) in [4.78, 5) is 13.4. The number of ether oxygens (including phenoxy) is 1. The Labute approximate surface area is 107 Å². The zero-order chi connectivity index (χ0) is 13.1. The Balaban J connectivity index is 2.17. The number of benzene rings is 1. The van der Waals surface area contributed by atoms with E-state index in [1.165, 1.54) is 20.0 Å². The molecule has 1 heterocycles. The summed E-state index contributed by atoms with van der Waals surface area (Å²) < 4.78 is 5.14. The van der Waals surface area contributed by atoms with Gasteiger partial charge in [0.25, 0.3) is 0 Å². The first-order chi connectivity index (χ1) is 8.61. The second-order valence-electron chi connectivity index (χ2n) is 4.80. The fraction of sp³-hybridized carbons (Fsp3) is 0.500. The topological polar surface area (TPSA) is 49.8 Å². The Bertz CT molecular complexity index is 445. The van der Waals surface area contributed by atoms with Crippen molar-refractivity contribution in [2.75, 3.05) is 13.7 Å². The molecule has 0 saturated carbocycles. The van der Waals surface area contributed by atoms with Crippen LogP contribution in [0.3, 0.4) is 0 Å². The number of nitrogens with zero attached hydrogens (tertiary/aromatic N) is 1. The van der Waals surface area contributed by atoms with Gasteiger partial charge < -0.3 is 9.84 Å². The maximum atomic E-state index is 11.0. The number of hydrogen-bond acceptors (Lipinski definition) is 3. The van der Waals surface area contributed by atoms with E-state index in [4.69, 9.17) is 9.84 Å². The molecule has 0 aliphatic carbocycles. The standard InChI is InChI=1S/C14H19NO3/c1-10-4-3-7-15(10)9-11-5-6-12(14(16)17)13(8-11)18-2/h5-6,8,10H,3-4,7,9H2,1-2H3,(H,16,17). The van der Waals surface area contributed by atoms with Crippen LogP contribution >= 0.6 is 0 Å². The molecule has 1 fully saturated rings. The molecule has 18 heavy (non-hydrogen) atoms. The second-order valence-corrected chi connectivity index (χ2v) is 4.80. The number of hydrogen-bond donors (Lipinski definition) is 1. The van der Waals surface area contributed by atoms with E-state index in [1.807, 2.05) is 12.1 Å². The van der Waals surface area contributed by atoms with E-state index in [1.54, 1.807) is 6.07 Å².